The lowest BCUT2D eigenvalue weighted by Crippen LogP contribution is -2.33. The van der Waals surface area contributed by atoms with Gasteiger partial charge in [-0.25, -0.2) is 0 Å². The van der Waals surface area contributed by atoms with Gasteiger partial charge in [0.25, 0.3) is 0 Å². The molecule has 3 rings (SSSR count). The standard InChI is InChI=1S/C13H19NS/c1-9-8-11-12(15-9)6-7-14-13(11)10-4-2-3-5-10/h8,10,13-14H,2-7H2,1H3. The molecule has 0 bridgehead atoms. The number of nitrogens with one attached hydrogen (secondary N) is 1. The first-order valence-electron chi connectivity index (χ1n) is 6.17. The van der Waals surface area contributed by atoms with Crippen molar-refractivity contribution in [2.24, 2.45) is 5.92 Å². The van der Waals surface area contributed by atoms with Crippen molar-refractivity contribution >= 4 is 11.3 Å². The summed E-state index contributed by atoms with van der Waals surface area (Å²) in [5.41, 5.74) is 1.63. The molecule has 82 valence electrons. The van der Waals surface area contributed by atoms with Gasteiger partial charge in [-0.1, -0.05) is 12.8 Å². The summed E-state index contributed by atoms with van der Waals surface area (Å²) in [5.74, 6) is 0.915. The fraction of sp³-hybridized carbons (Fsp3) is 0.692. The largest absolute Gasteiger partial charge is 0.309 e. The molecule has 1 aliphatic carbocycles. The zero-order valence-electron chi connectivity index (χ0n) is 9.38. The van der Waals surface area contributed by atoms with E-state index >= 15 is 0 Å². The van der Waals surface area contributed by atoms with Crippen LogP contribution < -0.4 is 5.32 Å². The molecule has 1 unspecified atom stereocenters. The van der Waals surface area contributed by atoms with Crippen LogP contribution in [0.25, 0.3) is 0 Å². The van der Waals surface area contributed by atoms with Crippen LogP contribution in [-0.2, 0) is 6.42 Å². The van der Waals surface area contributed by atoms with Crippen molar-refractivity contribution in [1.29, 1.82) is 0 Å². The van der Waals surface area contributed by atoms with Crippen LogP contribution >= 0.6 is 11.3 Å². The Labute approximate surface area is 95.9 Å². The zero-order chi connectivity index (χ0) is 10.3. The Kier molecular flexibility index (Phi) is 2.57. The van der Waals surface area contributed by atoms with E-state index < -0.39 is 0 Å². The second kappa shape index (κ2) is 3.91. The number of rotatable bonds is 1. The van der Waals surface area contributed by atoms with E-state index in [9.17, 15) is 0 Å². The monoisotopic (exact) mass is 221 g/mol. The average molecular weight is 221 g/mol. The molecule has 2 heterocycles. The molecule has 0 spiro atoms. The molecule has 15 heavy (non-hydrogen) atoms. The van der Waals surface area contributed by atoms with Gasteiger partial charge in [0, 0.05) is 22.3 Å². The molecule has 1 aromatic heterocycles. The highest BCUT2D eigenvalue weighted by Crippen LogP contribution is 2.40. The van der Waals surface area contributed by atoms with Gasteiger partial charge in [0.05, 0.1) is 0 Å². The van der Waals surface area contributed by atoms with Crippen LogP contribution in [0.5, 0.6) is 0 Å². The summed E-state index contributed by atoms with van der Waals surface area (Å²) in [4.78, 5) is 3.15. The molecule has 2 heteroatoms. The predicted molar refractivity (Wildman–Crippen MR) is 65.5 cm³/mol. The first-order chi connectivity index (χ1) is 7.34. The van der Waals surface area contributed by atoms with Gasteiger partial charge in [0.15, 0.2) is 0 Å². The third-order valence-electron chi connectivity index (χ3n) is 3.89. The summed E-state index contributed by atoms with van der Waals surface area (Å²) >= 11 is 2.01. The summed E-state index contributed by atoms with van der Waals surface area (Å²) in [6, 6.07) is 3.11. The molecule has 1 aliphatic heterocycles. The quantitative estimate of drug-likeness (QED) is 0.766. The second-order valence-corrected chi connectivity index (χ2v) is 6.30. The van der Waals surface area contributed by atoms with E-state index in [1.807, 2.05) is 11.3 Å². The van der Waals surface area contributed by atoms with Crippen LogP contribution in [0.1, 0.15) is 47.0 Å². The Morgan fingerprint density at radius 2 is 2.13 bits per heavy atom. The van der Waals surface area contributed by atoms with E-state index in [0.717, 1.165) is 5.92 Å². The van der Waals surface area contributed by atoms with E-state index in [0.29, 0.717) is 6.04 Å². The lowest BCUT2D eigenvalue weighted by atomic mass is 9.89. The Morgan fingerprint density at radius 1 is 1.33 bits per heavy atom. The Hall–Kier alpha value is -0.340. The van der Waals surface area contributed by atoms with Crippen LogP contribution in [-0.4, -0.2) is 6.54 Å². The Morgan fingerprint density at radius 3 is 2.93 bits per heavy atom. The van der Waals surface area contributed by atoms with Crippen LogP contribution in [0.15, 0.2) is 6.07 Å². The maximum Gasteiger partial charge on any atom is 0.0359 e. The number of thiophene rings is 1. The molecular formula is C13H19NS. The normalized spacial score (nSPS) is 26.9. The topological polar surface area (TPSA) is 12.0 Å². The van der Waals surface area contributed by atoms with Crippen molar-refractivity contribution in [3.63, 3.8) is 0 Å². The van der Waals surface area contributed by atoms with Gasteiger partial charge >= 0.3 is 0 Å². The SMILES string of the molecule is Cc1cc2c(s1)CCNC2C1CCCC1. The lowest BCUT2D eigenvalue weighted by molar-refractivity contribution is 0.356. The molecular weight excluding hydrogens is 202 g/mol. The fourth-order valence-corrected chi connectivity index (χ4v) is 4.29. The molecule has 0 saturated heterocycles. The highest BCUT2D eigenvalue weighted by atomic mass is 32.1. The molecule has 0 radical (unpaired) electrons. The van der Waals surface area contributed by atoms with Gasteiger partial charge in [-0.15, -0.1) is 11.3 Å². The lowest BCUT2D eigenvalue weighted by Gasteiger charge is -2.29. The number of hydrogen-bond donors (Lipinski definition) is 1. The van der Waals surface area contributed by atoms with Crippen molar-refractivity contribution in [2.75, 3.05) is 6.54 Å². The van der Waals surface area contributed by atoms with Crippen molar-refractivity contribution in [3.05, 3.63) is 21.4 Å². The van der Waals surface area contributed by atoms with E-state index in [2.05, 4.69) is 18.3 Å². The fourth-order valence-electron chi connectivity index (χ4n) is 3.20. The van der Waals surface area contributed by atoms with Gasteiger partial charge in [-0.05, 0) is 43.7 Å². The molecule has 1 aromatic rings. The molecule has 1 N–H and O–H groups in total. The predicted octanol–water partition coefficient (Wildman–Crippen LogP) is 3.43. The second-order valence-electron chi connectivity index (χ2n) is 4.96. The Bertz CT molecular complexity index is 349. The van der Waals surface area contributed by atoms with Gasteiger partial charge in [-0.3, -0.25) is 0 Å². The first kappa shape index (κ1) is 9.86. The zero-order valence-corrected chi connectivity index (χ0v) is 10.2. The summed E-state index contributed by atoms with van der Waals surface area (Å²) in [6.07, 6.45) is 7.01. The van der Waals surface area contributed by atoms with Gasteiger partial charge in [0.2, 0.25) is 0 Å². The summed E-state index contributed by atoms with van der Waals surface area (Å²) in [6.45, 7) is 3.43. The number of fused-ring (bicyclic) bond motifs is 1. The van der Waals surface area contributed by atoms with Gasteiger partial charge in [-0.2, -0.15) is 0 Å². The van der Waals surface area contributed by atoms with Crippen molar-refractivity contribution < 1.29 is 0 Å². The third-order valence-corrected chi connectivity index (χ3v) is 5.01. The summed E-state index contributed by atoms with van der Waals surface area (Å²) in [7, 11) is 0. The highest BCUT2D eigenvalue weighted by Gasteiger charge is 2.30. The average Bonchev–Trinajstić information content (AvgIpc) is 2.82. The van der Waals surface area contributed by atoms with Crippen LogP contribution in [0.2, 0.25) is 0 Å². The number of aryl methyl sites for hydroxylation is 1. The van der Waals surface area contributed by atoms with Crippen LogP contribution in [0, 0.1) is 12.8 Å². The van der Waals surface area contributed by atoms with Crippen LogP contribution in [0.4, 0.5) is 0 Å². The molecule has 0 amide bonds. The minimum absolute atomic E-state index is 0.682. The molecule has 1 atom stereocenters. The molecule has 2 aliphatic rings. The van der Waals surface area contributed by atoms with Crippen molar-refractivity contribution in [3.8, 4) is 0 Å². The maximum atomic E-state index is 3.74. The summed E-state index contributed by atoms with van der Waals surface area (Å²) in [5, 5.41) is 3.74. The smallest absolute Gasteiger partial charge is 0.0359 e. The van der Waals surface area contributed by atoms with Gasteiger partial charge < -0.3 is 5.32 Å². The van der Waals surface area contributed by atoms with E-state index in [1.165, 1.54) is 43.5 Å². The van der Waals surface area contributed by atoms with Gasteiger partial charge in [0.1, 0.15) is 0 Å². The Balaban J connectivity index is 1.90. The maximum absolute atomic E-state index is 3.74. The first-order valence-corrected chi connectivity index (χ1v) is 6.99. The van der Waals surface area contributed by atoms with Crippen molar-refractivity contribution in [1.82, 2.24) is 5.32 Å². The molecule has 1 nitrogen and oxygen atoms in total. The third kappa shape index (κ3) is 1.74. The minimum Gasteiger partial charge on any atom is -0.309 e. The number of hydrogen-bond acceptors (Lipinski definition) is 2. The van der Waals surface area contributed by atoms with E-state index in [4.69, 9.17) is 0 Å². The molecule has 0 aromatic carbocycles. The van der Waals surface area contributed by atoms with Crippen molar-refractivity contribution in [2.45, 2.75) is 45.1 Å². The minimum atomic E-state index is 0.682. The molecule has 1 fully saturated rings. The summed E-state index contributed by atoms with van der Waals surface area (Å²) < 4.78 is 0. The van der Waals surface area contributed by atoms with E-state index in [-0.39, 0.29) is 0 Å². The highest BCUT2D eigenvalue weighted by molar-refractivity contribution is 7.12. The van der Waals surface area contributed by atoms with E-state index in [1.54, 1.807) is 10.4 Å². The molecule has 1 saturated carbocycles. The van der Waals surface area contributed by atoms with Crippen LogP contribution in [0.3, 0.4) is 0 Å².